The molecule has 0 radical (unpaired) electrons. The van der Waals surface area contributed by atoms with E-state index in [2.05, 4.69) is 5.32 Å². The average molecular weight is 173 g/mol. The van der Waals surface area contributed by atoms with E-state index < -0.39 is 12.0 Å². The van der Waals surface area contributed by atoms with E-state index in [0.29, 0.717) is 6.29 Å². The van der Waals surface area contributed by atoms with Crippen LogP contribution in [0.1, 0.15) is 19.8 Å². The van der Waals surface area contributed by atoms with Crippen molar-refractivity contribution in [3.63, 3.8) is 0 Å². The second-order valence-corrected chi connectivity index (χ2v) is 2.26. The summed E-state index contributed by atoms with van der Waals surface area (Å²) in [7, 11) is 0. The third-order valence-electron chi connectivity index (χ3n) is 1.23. The Morgan fingerprint density at radius 1 is 1.58 bits per heavy atom. The minimum absolute atomic E-state index is 0.240. The third-order valence-corrected chi connectivity index (χ3v) is 1.23. The number of carboxylic acid groups (broad SMARTS) is 1. The quantitative estimate of drug-likeness (QED) is 0.552. The molecular weight excluding hydrogens is 162 g/mol. The first-order valence-corrected chi connectivity index (χ1v) is 3.56. The number of rotatable bonds is 5. The molecule has 0 heterocycles. The van der Waals surface area contributed by atoms with Gasteiger partial charge in [0.1, 0.15) is 6.29 Å². The molecule has 0 aliphatic rings. The van der Waals surface area contributed by atoms with Gasteiger partial charge < -0.3 is 15.2 Å². The van der Waals surface area contributed by atoms with Crippen molar-refractivity contribution < 1.29 is 19.5 Å². The van der Waals surface area contributed by atoms with Crippen LogP contribution < -0.4 is 5.32 Å². The first-order chi connectivity index (χ1) is 5.60. The van der Waals surface area contributed by atoms with Gasteiger partial charge in [-0.05, 0) is 0 Å². The van der Waals surface area contributed by atoms with Crippen LogP contribution in [-0.4, -0.2) is 29.3 Å². The summed E-state index contributed by atoms with van der Waals surface area (Å²) < 4.78 is 0. The highest BCUT2D eigenvalue weighted by molar-refractivity contribution is 5.82. The zero-order chi connectivity index (χ0) is 9.56. The Bertz CT molecular complexity index is 190. The van der Waals surface area contributed by atoms with Crippen LogP contribution in [0.2, 0.25) is 0 Å². The highest BCUT2D eigenvalue weighted by Crippen LogP contribution is 1.89. The maximum Gasteiger partial charge on any atom is 0.305 e. The number of nitrogens with one attached hydrogen (secondary N) is 1. The monoisotopic (exact) mass is 173 g/mol. The fraction of sp³-hybridized carbons (Fsp3) is 0.571. The van der Waals surface area contributed by atoms with Gasteiger partial charge in [0.2, 0.25) is 5.91 Å². The Morgan fingerprint density at radius 3 is 2.50 bits per heavy atom. The maximum atomic E-state index is 10.7. The number of aldehydes is 1. The van der Waals surface area contributed by atoms with Crippen molar-refractivity contribution in [1.82, 2.24) is 5.32 Å². The van der Waals surface area contributed by atoms with Crippen LogP contribution in [-0.2, 0) is 14.4 Å². The Kier molecular flexibility index (Phi) is 4.67. The smallest absolute Gasteiger partial charge is 0.305 e. The van der Waals surface area contributed by atoms with Crippen LogP contribution >= 0.6 is 0 Å². The van der Waals surface area contributed by atoms with Gasteiger partial charge in [0.05, 0.1) is 12.5 Å². The molecule has 12 heavy (non-hydrogen) atoms. The van der Waals surface area contributed by atoms with E-state index in [9.17, 15) is 14.4 Å². The lowest BCUT2D eigenvalue weighted by molar-refractivity contribution is -0.138. The Hall–Kier alpha value is -1.39. The molecular formula is C7H11NO4. The molecule has 0 aliphatic heterocycles. The number of carboxylic acids is 1. The maximum absolute atomic E-state index is 10.7. The Morgan fingerprint density at radius 2 is 2.17 bits per heavy atom. The summed E-state index contributed by atoms with van der Waals surface area (Å²) in [6.45, 7) is 1.62. The predicted octanol–water partition coefficient (Wildman–Crippen LogP) is -0.445. The molecule has 0 rings (SSSR count). The van der Waals surface area contributed by atoms with Crippen LogP contribution in [0.3, 0.4) is 0 Å². The second-order valence-electron chi connectivity index (χ2n) is 2.26. The molecule has 1 atom stereocenters. The largest absolute Gasteiger partial charge is 0.481 e. The molecule has 0 aromatic carbocycles. The highest BCUT2D eigenvalue weighted by atomic mass is 16.4. The lowest BCUT2D eigenvalue weighted by Crippen LogP contribution is -2.37. The Balaban J connectivity index is 3.90. The van der Waals surface area contributed by atoms with Gasteiger partial charge in [0.15, 0.2) is 0 Å². The standard InChI is InChI=1S/C7H11NO4/c1-2-6(10)8-5(4-9)3-7(11)12/h4-5H,2-3H2,1H3,(H,8,10)(H,11,12). The summed E-state index contributed by atoms with van der Waals surface area (Å²) >= 11 is 0. The molecule has 0 aromatic heterocycles. The number of amides is 1. The topological polar surface area (TPSA) is 83.5 Å². The van der Waals surface area contributed by atoms with Gasteiger partial charge >= 0.3 is 5.97 Å². The summed E-state index contributed by atoms with van der Waals surface area (Å²) in [6.07, 6.45) is 0.293. The summed E-state index contributed by atoms with van der Waals surface area (Å²) in [5.74, 6) is -1.43. The molecule has 0 bridgehead atoms. The number of carbonyl (C=O) groups excluding carboxylic acids is 2. The predicted molar refractivity (Wildman–Crippen MR) is 40.5 cm³/mol. The molecule has 68 valence electrons. The van der Waals surface area contributed by atoms with Crippen LogP contribution in [0.15, 0.2) is 0 Å². The number of hydrogen-bond donors (Lipinski definition) is 2. The molecule has 1 unspecified atom stereocenters. The van der Waals surface area contributed by atoms with E-state index in [0.717, 1.165) is 0 Å². The van der Waals surface area contributed by atoms with Gasteiger partial charge in [-0.1, -0.05) is 6.92 Å². The van der Waals surface area contributed by atoms with E-state index >= 15 is 0 Å². The van der Waals surface area contributed by atoms with Crippen molar-refractivity contribution >= 4 is 18.2 Å². The second kappa shape index (κ2) is 5.29. The summed E-state index contributed by atoms with van der Waals surface area (Å²) in [5, 5.41) is 10.6. The molecule has 0 fully saturated rings. The average Bonchev–Trinajstić information content (AvgIpc) is 2.02. The zero-order valence-corrected chi connectivity index (χ0v) is 6.74. The van der Waals surface area contributed by atoms with E-state index in [1.165, 1.54) is 0 Å². The van der Waals surface area contributed by atoms with Gasteiger partial charge in [-0.15, -0.1) is 0 Å². The minimum atomic E-state index is -1.11. The van der Waals surface area contributed by atoms with Gasteiger partial charge in [0, 0.05) is 6.42 Å². The molecule has 5 heteroatoms. The number of aliphatic carboxylic acids is 1. The molecule has 2 N–H and O–H groups in total. The van der Waals surface area contributed by atoms with Gasteiger partial charge in [-0.25, -0.2) is 0 Å². The zero-order valence-electron chi connectivity index (χ0n) is 6.74. The van der Waals surface area contributed by atoms with Crippen LogP contribution in [0.25, 0.3) is 0 Å². The fourth-order valence-corrected chi connectivity index (χ4v) is 0.630. The summed E-state index contributed by atoms with van der Waals surface area (Å²) in [5.41, 5.74) is 0. The molecule has 1 amide bonds. The fourth-order valence-electron chi connectivity index (χ4n) is 0.630. The van der Waals surface area contributed by atoms with Crippen LogP contribution in [0.5, 0.6) is 0 Å². The van der Waals surface area contributed by atoms with E-state index in [1.807, 2.05) is 0 Å². The van der Waals surface area contributed by atoms with E-state index in [1.54, 1.807) is 6.92 Å². The van der Waals surface area contributed by atoms with Crippen molar-refractivity contribution in [3.05, 3.63) is 0 Å². The van der Waals surface area contributed by atoms with E-state index in [-0.39, 0.29) is 18.7 Å². The first-order valence-electron chi connectivity index (χ1n) is 3.56. The van der Waals surface area contributed by atoms with Crippen molar-refractivity contribution in [2.45, 2.75) is 25.8 Å². The van der Waals surface area contributed by atoms with Gasteiger partial charge in [0.25, 0.3) is 0 Å². The molecule has 0 saturated heterocycles. The molecule has 0 aromatic rings. The summed E-state index contributed by atoms with van der Waals surface area (Å²) in [6, 6.07) is -0.907. The van der Waals surface area contributed by atoms with Crippen molar-refractivity contribution in [2.75, 3.05) is 0 Å². The van der Waals surface area contributed by atoms with E-state index in [4.69, 9.17) is 5.11 Å². The van der Waals surface area contributed by atoms with Crippen molar-refractivity contribution in [2.24, 2.45) is 0 Å². The van der Waals surface area contributed by atoms with Crippen LogP contribution in [0, 0.1) is 0 Å². The lowest BCUT2D eigenvalue weighted by atomic mass is 10.2. The van der Waals surface area contributed by atoms with Gasteiger partial charge in [-0.3, -0.25) is 9.59 Å². The minimum Gasteiger partial charge on any atom is -0.481 e. The van der Waals surface area contributed by atoms with Crippen molar-refractivity contribution in [1.29, 1.82) is 0 Å². The third kappa shape index (κ3) is 4.43. The molecule has 0 saturated carbocycles. The summed E-state index contributed by atoms with van der Waals surface area (Å²) in [4.78, 5) is 31.0. The van der Waals surface area contributed by atoms with Crippen LogP contribution in [0.4, 0.5) is 0 Å². The number of hydrogen-bond acceptors (Lipinski definition) is 3. The normalized spacial score (nSPS) is 11.8. The van der Waals surface area contributed by atoms with Gasteiger partial charge in [-0.2, -0.15) is 0 Å². The molecule has 5 nitrogen and oxygen atoms in total. The number of carbonyl (C=O) groups is 3. The Labute approximate surface area is 69.8 Å². The first kappa shape index (κ1) is 10.6. The SMILES string of the molecule is CCC(=O)NC(C=O)CC(=O)O. The highest BCUT2D eigenvalue weighted by Gasteiger charge is 2.13. The van der Waals surface area contributed by atoms with Crippen molar-refractivity contribution in [3.8, 4) is 0 Å². The lowest BCUT2D eigenvalue weighted by Gasteiger charge is -2.08. The molecule has 0 spiro atoms. The molecule has 0 aliphatic carbocycles.